The van der Waals surface area contributed by atoms with Gasteiger partial charge >= 0.3 is 0 Å². The smallest absolute Gasteiger partial charge is 0.0796 e. The van der Waals surface area contributed by atoms with Gasteiger partial charge in [-0.1, -0.05) is 20.3 Å². The summed E-state index contributed by atoms with van der Waals surface area (Å²) in [4.78, 5) is 2.37. The summed E-state index contributed by atoms with van der Waals surface area (Å²) < 4.78 is 0. The molecule has 2 N–H and O–H groups in total. The van der Waals surface area contributed by atoms with Gasteiger partial charge in [-0.15, -0.1) is 0 Å². The monoisotopic (exact) mass is 278 g/mol. The van der Waals surface area contributed by atoms with Gasteiger partial charge in [-0.25, -0.2) is 0 Å². The van der Waals surface area contributed by atoms with Crippen molar-refractivity contribution < 1.29 is 0 Å². The summed E-state index contributed by atoms with van der Waals surface area (Å²) in [5.74, 6) is 0.724. The molecule has 1 aromatic heterocycles. The second kappa shape index (κ2) is 7.79. The average molecular weight is 278 g/mol. The number of fused-ring (bicyclic) bond motifs is 1. The Morgan fingerprint density at radius 1 is 1.25 bits per heavy atom. The number of nitrogens with one attached hydrogen (secondary N) is 2. The molecule has 0 bridgehead atoms. The predicted octanol–water partition coefficient (Wildman–Crippen LogP) is 2.36. The van der Waals surface area contributed by atoms with E-state index in [1.54, 1.807) is 0 Å². The third kappa shape index (κ3) is 4.60. The van der Waals surface area contributed by atoms with Crippen molar-refractivity contribution in [2.75, 3.05) is 26.7 Å². The Bertz CT molecular complexity index is 397. The fourth-order valence-electron chi connectivity index (χ4n) is 2.85. The minimum atomic E-state index is 0.724. The van der Waals surface area contributed by atoms with Crippen LogP contribution < -0.4 is 5.32 Å². The van der Waals surface area contributed by atoms with E-state index in [1.165, 1.54) is 49.1 Å². The lowest BCUT2D eigenvalue weighted by molar-refractivity contribution is 0.317. The number of aryl methyl sites for hydroxylation is 1. The number of H-pyrrole nitrogens is 1. The van der Waals surface area contributed by atoms with Crippen LogP contribution in [0.1, 0.15) is 50.1 Å². The van der Waals surface area contributed by atoms with Crippen LogP contribution in [0.25, 0.3) is 0 Å². The van der Waals surface area contributed by atoms with E-state index >= 15 is 0 Å². The lowest BCUT2D eigenvalue weighted by Crippen LogP contribution is -2.31. The molecule has 0 amide bonds. The minimum Gasteiger partial charge on any atom is -0.315 e. The SMILES string of the molecule is CC(C)CNCCN(C)Cc1n[nH]c2c1CCCCC2. The number of nitrogens with zero attached hydrogens (tertiary/aromatic N) is 2. The lowest BCUT2D eigenvalue weighted by Gasteiger charge is -2.17. The van der Waals surface area contributed by atoms with Gasteiger partial charge in [-0.2, -0.15) is 5.10 Å². The quantitative estimate of drug-likeness (QED) is 0.594. The molecule has 4 nitrogen and oxygen atoms in total. The van der Waals surface area contributed by atoms with Gasteiger partial charge in [0.05, 0.1) is 5.69 Å². The molecule has 0 radical (unpaired) electrons. The van der Waals surface area contributed by atoms with Crippen molar-refractivity contribution in [1.29, 1.82) is 0 Å². The minimum absolute atomic E-state index is 0.724. The maximum Gasteiger partial charge on any atom is 0.0796 e. The first-order chi connectivity index (χ1) is 9.66. The zero-order valence-electron chi connectivity index (χ0n) is 13.3. The highest BCUT2D eigenvalue weighted by molar-refractivity contribution is 5.26. The molecule has 0 fully saturated rings. The van der Waals surface area contributed by atoms with E-state index in [9.17, 15) is 0 Å². The van der Waals surface area contributed by atoms with Crippen LogP contribution in [0.4, 0.5) is 0 Å². The maximum atomic E-state index is 4.55. The Morgan fingerprint density at radius 3 is 2.85 bits per heavy atom. The molecule has 0 unspecified atom stereocenters. The third-order valence-corrected chi connectivity index (χ3v) is 4.03. The summed E-state index contributed by atoms with van der Waals surface area (Å²) in [5, 5.41) is 11.3. The van der Waals surface area contributed by atoms with E-state index in [0.29, 0.717) is 0 Å². The van der Waals surface area contributed by atoms with Crippen molar-refractivity contribution in [3.63, 3.8) is 0 Å². The van der Waals surface area contributed by atoms with Gasteiger partial charge in [-0.05, 0) is 50.8 Å². The second-order valence-electron chi connectivity index (χ2n) is 6.52. The standard InChI is InChI=1S/C16H30N4/c1-13(2)11-17-9-10-20(3)12-16-14-7-5-4-6-8-15(14)18-19-16/h13,17H,4-12H2,1-3H3,(H,18,19). The summed E-state index contributed by atoms with van der Waals surface area (Å²) in [6.07, 6.45) is 6.38. The highest BCUT2D eigenvalue weighted by Gasteiger charge is 2.16. The van der Waals surface area contributed by atoms with E-state index in [1.807, 2.05) is 0 Å². The first kappa shape index (κ1) is 15.5. The van der Waals surface area contributed by atoms with Crippen molar-refractivity contribution in [1.82, 2.24) is 20.4 Å². The molecule has 1 heterocycles. The fourth-order valence-corrected chi connectivity index (χ4v) is 2.85. The van der Waals surface area contributed by atoms with E-state index in [2.05, 4.69) is 41.3 Å². The highest BCUT2D eigenvalue weighted by atomic mass is 15.2. The van der Waals surface area contributed by atoms with Crippen molar-refractivity contribution >= 4 is 0 Å². The summed E-state index contributed by atoms with van der Waals surface area (Å²) in [7, 11) is 2.19. The molecular weight excluding hydrogens is 248 g/mol. The van der Waals surface area contributed by atoms with Crippen LogP contribution >= 0.6 is 0 Å². The van der Waals surface area contributed by atoms with E-state index in [0.717, 1.165) is 32.1 Å². The summed E-state index contributed by atoms with van der Waals surface area (Å²) >= 11 is 0. The van der Waals surface area contributed by atoms with E-state index < -0.39 is 0 Å². The highest BCUT2D eigenvalue weighted by Crippen LogP contribution is 2.22. The number of hydrogen-bond acceptors (Lipinski definition) is 3. The molecular formula is C16H30N4. The molecule has 0 saturated carbocycles. The van der Waals surface area contributed by atoms with Crippen molar-refractivity contribution in [3.05, 3.63) is 17.0 Å². The molecule has 2 rings (SSSR count). The van der Waals surface area contributed by atoms with Gasteiger partial charge in [0.1, 0.15) is 0 Å². The average Bonchev–Trinajstić information content (AvgIpc) is 2.63. The van der Waals surface area contributed by atoms with Gasteiger partial charge < -0.3 is 5.32 Å². The molecule has 0 atom stereocenters. The van der Waals surface area contributed by atoms with E-state index in [4.69, 9.17) is 0 Å². The number of hydrogen-bond donors (Lipinski definition) is 2. The molecule has 0 aromatic carbocycles. The Labute approximate surface area is 123 Å². The molecule has 4 heteroatoms. The molecule has 114 valence electrons. The fraction of sp³-hybridized carbons (Fsp3) is 0.812. The van der Waals surface area contributed by atoms with Crippen LogP contribution in [0.2, 0.25) is 0 Å². The largest absolute Gasteiger partial charge is 0.315 e. The van der Waals surface area contributed by atoms with Crippen LogP contribution in [-0.2, 0) is 19.4 Å². The maximum absolute atomic E-state index is 4.55. The van der Waals surface area contributed by atoms with Crippen LogP contribution in [0, 0.1) is 5.92 Å². The van der Waals surface area contributed by atoms with Crippen molar-refractivity contribution in [2.24, 2.45) is 5.92 Å². The second-order valence-corrected chi connectivity index (χ2v) is 6.52. The first-order valence-electron chi connectivity index (χ1n) is 8.11. The van der Waals surface area contributed by atoms with Crippen molar-refractivity contribution in [2.45, 2.75) is 52.5 Å². The van der Waals surface area contributed by atoms with Gasteiger partial charge in [-0.3, -0.25) is 10.00 Å². The molecule has 1 aliphatic carbocycles. The van der Waals surface area contributed by atoms with Crippen LogP contribution in [-0.4, -0.2) is 41.8 Å². The van der Waals surface area contributed by atoms with Gasteiger partial charge in [0, 0.05) is 25.3 Å². The summed E-state index contributed by atoms with van der Waals surface area (Å²) in [6.45, 7) is 8.70. The third-order valence-electron chi connectivity index (χ3n) is 4.03. The number of likely N-dealkylation sites (N-methyl/N-ethyl adjacent to an activating group) is 1. The Balaban J connectivity index is 1.79. The topological polar surface area (TPSA) is 44.0 Å². The Kier molecular flexibility index (Phi) is 6.05. The number of aromatic nitrogens is 2. The van der Waals surface area contributed by atoms with Crippen molar-refractivity contribution in [3.8, 4) is 0 Å². The Morgan fingerprint density at radius 2 is 2.05 bits per heavy atom. The van der Waals surface area contributed by atoms with Gasteiger partial charge in [0.25, 0.3) is 0 Å². The molecule has 1 aromatic rings. The zero-order valence-corrected chi connectivity index (χ0v) is 13.3. The van der Waals surface area contributed by atoms with Crippen LogP contribution in [0.5, 0.6) is 0 Å². The molecule has 20 heavy (non-hydrogen) atoms. The molecule has 1 aliphatic rings. The van der Waals surface area contributed by atoms with Gasteiger partial charge in [0.15, 0.2) is 0 Å². The van der Waals surface area contributed by atoms with E-state index in [-0.39, 0.29) is 0 Å². The summed E-state index contributed by atoms with van der Waals surface area (Å²) in [5.41, 5.74) is 4.17. The van der Waals surface area contributed by atoms with Crippen LogP contribution in [0.15, 0.2) is 0 Å². The molecule has 0 aliphatic heterocycles. The zero-order chi connectivity index (χ0) is 14.4. The molecule has 0 spiro atoms. The lowest BCUT2D eigenvalue weighted by atomic mass is 10.1. The van der Waals surface area contributed by atoms with Crippen LogP contribution in [0.3, 0.4) is 0 Å². The number of aromatic amines is 1. The molecule has 0 saturated heterocycles. The van der Waals surface area contributed by atoms with Gasteiger partial charge in [0.2, 0.25) is 0 Å². The number of rotatable bonds is 7. The Hall–Kier alpha value is -0.870. The summed E-state index contributed by atoms with van der Waals surface area (Å²) in [6, 6.07) is 0. The first-order valence-corrected chi connectivity index (χ1v) is 8.11. The normalized spacial score (nSPS) is 15.7. The predicted molar refractivity (Wildman–Crippen MR) is 83.9 cm³/mol.